The number of hydrogen-bond donors (Lipinski definition) is 0. The van der Waals surface area contributed by atoms with Gasteiger partial charge in [0.2, 0.25) is 0 Å². The fourth-order valence-corrected chi connectivity index (χ4v) is 1.97. The van der Waals surface area contributed by atoms with Crippen molar-refractivity contribution in [3.63, 3.8) is 0 Å². The maximum Gasteiger partial charge on any atom is 0.145 e. The Balaban J connectivity index is 2.77. The average molecular weight is 357 g/mol. The highest BCUT2D eigenvalue weighted by atomic mass is 79.9. The van der Waals surface area contributed by atoms with E-state index in [2.05, 4.69) is 31.9 Å². The molecule has 1 atom stereocenters. The summed E-state index contributed by atoms with van der Waals surface area (Å²) in [4.78, 5) is 0. The molecule has 0 fully saturated rings. The summed E-state index contributed by atoms with van der Waals surface area (Å²) in [6.07, 6.45) is 0.340. The van der Waals surface area contributed by atoms with E-state index in [9.17, 15) is 8.76 Å². The first-order valence-electron chi connectivity index (χ1n) is 4.06. The van der Waals surface area contributed by atoms with Gasteiger partial charge in [0.1, 0.15) is 8.32 Å². The molecular weight excluding hydrogens is 348 g/mol. The normalized spacial score (nSPS) is 13.6. The molecule has 1 aromatic carbocycles. The van der Waals surface area contributed by atoms with E-state index in [1.165, 1.54) is 0 Å². The van der Waals surface area contributed by atoms with E-state index in [0.717, 1.165) is 11.3 Å². The van der Waals surface area contributed by atoms with Gasteiger partial charge in [-0.3, -0.25) is 4.21 Å². The Morgan fingerprint density at radius 1 is 1.40 bits per heavy atom. The first-order valence-corrected chi connectivity index (χ1v) is 6.72. The largest absolute Gasteiger partial charge is 0.771 e. The Kier molecular flexibility index (Phi) is 4.76. The molecule has 1 unspecified atom stereocenters. The lowest BCUT2D eigenvalue weighted by atomic mass is 10.2. The second-order valence-electron chi connectivity index (χ2n) is 2.90. The molecular formula is C9H9Br2O3S-. The van der Waals surface area contributed by atoms with E-state index in [1.807, 2.05) is 12.1 Å². The van der Waals surface area contributed by atoms with Crippen LogP contribution < -0.4 is 4.74 Å². The number of methoxy groups -OCH3 is 1. The molecule has 0 amide bonds. The maximum atomic E-state index is 10.8. The predicted molar refractivity (Wildman–Crippen MR) is 66.2 cm³/mol. The van der Waals surface area contributed by atoms with Crippen LogP contribution in [-0.4, -0.2) is 18.4 Å². The van der Waals surface area contributed by atoms with Gasteiger partial charge in [0.05, 0.1) is 7.11 Å². The topological polar surface area (TPSA) is 49.4 Å². The fourth-order valence-electron chi connectivity index (χ4n) is 1.04. The second kappa shape index (κ2) is 5.43. The van der Waals surface area contributed by atoms with Gasteiger partial charge in [-0.25, -0.2) is 0 Å². The highest BCUT2D eigenvalue weighted by Crippen LogP contribution is 2.33. The molecule has 0 bridgehead atoms. The second-order valence-corrected chi connectivity index (χ2v) is 8.88. The van der Waals surface area contributed by atoms with Crippen LogP contribution in [0.3, 0.4) is 0 Å². The molecule has 0 aliphatic carbocycles. The summed E-state index contributed by atoms with van der Waals surface area (Å²) in [5, 5.41) is 0. The molecule has 6 heteroatoms. The van der Waals surface area contributed by atoms with Gasteiger partial charge in [0.25, 0.3) is 0 Å². The minimum Gasteiger partial charge on any atom is -0.771 e. The van der Waals surface area contributed by atoms with Crippen LogP contribution in [0, 0.1) is 0 Å². The first kappa shape index (κ1) is 13.2. The van der Waals surface area contributed by atoms with Crippen LogP contribution in [0.25, 0.3) is 0 Å². The molecule has 0 heterocycles. The molecule has 0 aromatic heterocycles. The van der Waals surface area contributed by atoms with Crippen LogP contribution in [0.2, 0.25) is 0 Å². The van der Waals surface area contributed by atoms with Crippen LogP contribution in [0.4, 0.5) is 0 Å². The van der Waals surface area contributed by atoms with E-state index >= 15 is 0 Å². The highest BCUT2D eigenvalue weighted by Gasteiger charge is 2.24. The van der Waals surface area contributed by atoms with Gasteiger partial charge in [-0.2, -0.15) is 0 Å². The minimum atomic E-state index is -2.23. The van der Waals surface area contributed by atoms with Gasteiger partial charge < -0.3 is 9.29 Å². The van der Waals surface area contributed by atoms with Crippen molar-refractivity contribution in [2.24, 2.45) is 0 Å². The van der Waals surface area contributed by atoms with Gasteiger partial charge in [-0.1, -0.05) is 44.0 Å². The molecule has 0 spiro atoms. The van der Waals surface area contributed by atoms with Crippen molar-refractivity contribution >= 4 is 42.9 Å². The Bertz CT molecular complexity index is 351. The molecule has 0 saturated carbocycles. The lowest BCUT2D eigenvalue weighted by Crippen LogP contribution is -2.21. The van der Waals surface area contributed by atoms with Crippen molar-refractivity contribution in [1.29, 1.82) is 0 Å². The number of rotatable bonds is 4. The Hall–Kier alpha value is 0.0900. The van der Waals surface area contributed by atoms with Gasteiger partial charge in [0, 0.05) is 6.42 Å². The molecule has 84 valence electrons. The molecule has 0 radical (unpaired) electrons. The Morgan fingerprint density at radius 3 is 2.33 bits per heavy atom. The summed E-state index contributed by atoms with van der Waals surface area (Å²) in [5.41, 5.74) is 0.897. The van der Waals surface area contributed by atoms with Gasteiger partial charge in [0.15, 0.2) is 0 Å². The number of benzene rings is 1. The number of hydrogen-bond acceptors (Lipinski definition) is 3. The number of alkyl halides is 2. The van der Waals surface area contributed by atoms with E-state index in [0.29, 0.717) is 6.42 Å². The lowest BCUT2D eigenvalue weighted by molar-refractivity contribution is 0.414. The monoisotopic (exact) mass is 355 g/mol. The highest BCUT2D eigenvalue weighted by molar-refractivity contribution is 9.27. The molecule has 0 aliphatic heterocycles. The van der Waals surface area contributed by atoms with Crippen LogP contribution >= 0.6 is 31.9 Å². The van der Waals surface area contributed by atoms with Crippen molar-refractivity contribution in [3.8, 4) is 5.75 Å². The first-order chi connectivity index (χ1) is 6.95. The third-order valence-electron chi connectivity index (χ3n) is 1.81. The van der Waals surface area contributed by atoms with Crippen molar-refractivity contribution in [3.05, 3.63) is 29.8 Å². The summed E-state index contributed by atoms with van der Waals surface area (Å²) in [6, 6.07) is 7.23. The summed E-state index contributed by atoms with van der Waals surface area (Å²) in [7, 11) is 1.58. The Labute approximate surface area is 108 Å². The van der Waals surface area contributed by atoms with Gasteiger partial charge >= 0.3 is 0 Å². The third kappa shape index (κ3) is 3.86. The van der Waals surface area contributed by atoms with Gasteiger partial charge in [-0.05, 0) is 28.8 Å². The maximum absolute atomic E-state index is 10.8. The van der Waals surface area contributed by atoms with E-state index < -0.39 is 13.6 Å². The van der Waals surface area contributed by atoms with E-state index in [-0.39, 0.29) is 0 Å². The molecule has 3 nitrogen and oxygen atoms in total. The van der Waals surface area contributed by atoms with Crippen molar-refractivity contribution < 1.29 is 13.5 Å². The summed E-state index contributed by atoms with van der Waals surface area (Å²) in [5.74, 6) is 0.747. The quantitative estimate of drug-likeness (QED) is 0.615. The summed E-state index contributed by atoms with van der Waals surface area (Å²) < 4.78 is 25.6. The predicted octanol–water partition coefficient (Wildman–Crippen LogP) is 2.56. The molecule has 15 heavy (non-hydrogen) atoms. The van der Waals surface area contributed by atoms with Gasteiger partial charge in [-0.15, -0.1) is 0 Å². The lowest BCUT2D eigenvalue weighted by Gasteiger charge is -2.23. The third-order valence-corrected chi connectivity index (χ3v) is 4.59. The van der Waals surface area contributed by atoms with E-state index in [1.54, 1.807) is 19.2 Å². The number of ether oxygens (including phenoxy) is 1. The zero-order valence-corrected chi connectivity index (χ0v) is 11.9. The van der Waals surface area contributed by atoms with Crippen molar-refractivity contribution in [2.45, 2.75) is 8.99 Å². The van der Waals surface area contributed by atoms with Crippen LogP contribution in [0.1, 0.15) is 5.56 Å². The molecule has 0 saturated heterocycles. The molecule has 1 rings (SSSR count). The number of halogens is 2. The molecule has 0 N–H and O–H groups in total. The van der Waals surface area contributed by atoms with Crippen molar-refractivity contribution in [2.75, 3.05) is 7.11 Å². The summed E-state index contributed by atoms with van der Waals surface area (Å²) >= 11 is 3.95. The Morgan fingerprint density at radius 2 is 1.93 bits per heavy atom. The average Bonchev–Trinajstić information content (AvgIpc) is 2.18. The van der Waals surface area contributed by atoms with Crippen molar-refractivity contribution in [1.82, 2.24) is 0 Å². The van der Waals surface area contributed by atoms with E-state index in [4.69, 9.17) is 4.74 Å². The minimum absolute atomic E-state index is 0.340. The zero-order chi connectivity index (χ0) is 11.5. The zero-order valence-electron chi connectivity index (χ0n) is 7.91. The SMILES string of the molecule is COc1ccc(CC(Br)(Br)S(=O)[O-])cc1. The fraction of sp³-hybridized carbons (Fsp3) is 0.333. The standard InChI is InChI=1S/C9H10Br2O3S/c1-14-8-4-2-7(3-5-8)6-9(10,11)15(12)13/h2-5H,6H2,1H3,(H,12,13)/p-1. The molecule has 0 aliphatic rings. The van der Waals surface area contributed by atoms with Crippen LogP contribution in [0.5, 0.6) is 5.75 Å². The summed E-state index contributed by atoms with van der Waals surface area (Å²) in [6.45, 7) is 0. The molecule has 1 aromatic rings. The van der Waals surface area contributed by atoms with Crippen LogP contribution in [0.15, 0.2) is 24.3 Å². The van der Waals surface area contributed by atoms with Crippen LogP contribution in [-0.2, 0) is 17.5 Å². The smallest absolute Gasteiger partial charge is 0.145 e.